The van der Waals surface area contributed by atoms with Gasteiger partial charge in [0.1, 0.15) is 0 Å². The molecule has 0 fully saturated rings. The van der Waals surface area contributed by atoms with Crippen molar-refractivity contribution in [2.24, 2.45) is 5.16 Å². The molecular formula is C9H8N2O4. The van der Waals surface area contributed by atoms with E-state index < -0.39 is 16.7 Å². The van der Waals surface area contributed by atoms with Crippen LogP contribution < -0.4 is 0 Å². The molecule has 0 aliphatic rings. The van der Waals surface area contributed by atoms with Crippen molar-refractivity contribution in [1.82, 2.24) is 0 Å². The number of hydrogen-bond acceptors (Lipinski definition) is 5. The van der Waals surface area contributed by atoms with Crippen molar-refractivity contribution in [2.45, 2.75) is 6.92 Å². The van der Waals surface area contributed by atoms with Crippen LogP contribution in [-0.2, 0) is 4.84 Å². The van der Waals surface area contributed by atoms with E-state index >= 15 is 0 Å². The first-order chi connectivity index (χ1) is 7.11. The van der Waals surface area contributed by atoms with Crippen LogP contribution in [0.2, 0.25) is 0 Å². The number of nitro groups is 1. The van der Waals surface area contributed by atoms with E-state index in [4.69, 9.17) is 0 Å². The molecule has 0 saturated carbocycles. The molecule has 0 saturated heterocycles. The Kier molecular flexibility index (Phi) is 3.50. The third-order valence-corrected chi connectivity index (χ3v) is 1.53. The average molecular weight is 208 g/mol. The number of carbonyl (C=O) groups excluding carboxylic acids is 1. The van der Waals surface area contributed by atoms with Crippen LogP contribution in [-0.4, -0.2) is 16.7 Å². The number of oxime groups is 1. The summed E-state index contributed by atoms with van der Waals surface area (Å²) in [7, 11) is 0. The Morgan fingerprint density at radius 1 is 1.40 bits per heavy atom. The number of rotatable bonds is 2. The summed E-state index contributed by atoms with van der Waals surface area (Å²) in [6, 6.07) is 8.10. The smallest absolute Gasteiger partial charge is 0.358 e. The van der Waals surface area contributed by atoms with Gasteiger partial charge in [0.25, 0.3) is 0 Å². The molecule has 0 amide bonds. The third-order valence-electron chi connectivity index (χ3n) is 1.53. The van der Waals surface area contributed by atoms with Gasteiger partial charge in [0, 0.05) is 0 Å². The molecule has 6 nitrogen and oxygen atoms in total. The van der Waals surface area contributed by atoms with Crippen molar-refractivity contribution in [2.75, 3.05) is 0 Å². The van der Waals surface area contributed by atoms with Crippen molar-refractivity contribution in [1.29, 1.82) is 0 Å². The highest BCUT2D eigenvalue weighted by molar-refractivity contribution is 5.89. The van der Waals surface area contributed by atoms with E-state index in [0.717, 1.165) is 6.92 Å². The van der Waals surface area contributed by atoms with Gasteiger partial charge in [-0.2, -0.15) is 0 Å². The lowest BCUT2D eigenvalue weighted by molar-refractivity contribution is -0.353. The molecule has 6 heteroatoms. The molecule has 0 aromatic heterocycles. The molecule has 0 spiro atoms. The molecule has 0 aliphatic carbocycles. The van der Waals surface area contributed by atoms with Crippen LogP contribution in [0.4, 0.5) is 0 Å². The van der Waals surface area contributed by atoms with Gasteiger partial charge in [-0.05, 0) is 17.1 Å². The monoisotopic (exact) mass is 208 g/mol. The van der Waals surface area contributed by atoms with Crippen LogP contribution in [0.5, 0.6) is 0 Å². The van der Waals surface area contributed by atoms with Crippen LogP contribution in [0.15, 0.2) is 35.5 Å². The summed E-state index contributed by atoms with van der Waals surface area (Å²) in [6.45, 7) is 1.14. The zero-order valence-electron chi connectivity index (χ0n) is 7.91. The third kappa shape index (κ3) is 3.18. The molecule has 1 rings (SSSR count). The lowest BCUT2D eigenvalue weighted by Gasteiger charge is -1.93. The Labute approximate surface area is 85.3 Å². The number of nitrogens with zero attached hydrogens (tertiary/aromatic N) is 2. The summed E-state index contributed by atoms with van der Waals surface area (Å²) in [5, 5.41) is 13.2. The first kappa shape index (κ1) is 10.8. The molecule has 0 heterocycles. The Bertz CT molecular complexity index is 400. The minimum absolute atomic E-state index is 0.289. The normalized spacial score (nSPS) is 10.9. The average Bonchev–Trinajstić information content (AvgIpc) is 2.26. The number of amidine groups is 1. The largest absolute Gasteiger partial charge is 0.393 e. The second-order valence-corrected chi connectivity index (χ2v) is 2.64. The maximum absolute atomic E-state index is 11.2. The fraction of sp³-hybridized carbons (Fsp3) is 0.111. The van der Waals surface area contributed by atoms with E-state index in [2.05, 4.69) is 9.99 Å². The van der Waals surface area contributed by atoms with Crippen LogP contribution in [0.1, 0.15) is 17.3 Å². The van der Waals surface area contributed by atoms with Crippen LogP contribution in [0.3, 0.4) is 0 Å². The van der Waals surface area contributed by atoms with Gasteiger partial charge in [-0.15, -0.1) is 0 Å². The van der Waals surface area contributed by atoms with Crippen LogP contribution >= 0.6 is 0 Å². The van der Waals surface area contributed by atoms with Crippen LogP contribution in [0, 0.1) is 10.1 Å². The quantitative estimate of drug-likeness (QED) is 0.242. The van der Waals surface area contributed by atoms with Gasteiger partial charge in [-0.25, -0.2) is 9.63 Å². The molecule has 78 valence electrons. The maximum Gasteiger partial charge on any atom is 0.393 e. The van der Waals surface area contributed by atoms with Gasteiger partial charge in [0.2, 0.25) is 0 Å². The number of hydrogen-bond donors (Lipinski definition) is 0. The van der Waals surface area contributed by atoms with E-state index in [1.165, 1.54) is 12.1 Å². The summed E-state index contributed by atoms with van der Waals surface area (Å²) in [5.74, 6) is -1.20. The molecule has 0 N–H and O–H groups in total. The van der Waals surface area contributed by atoms with E-state index in [0.29, 0.717) is 0 Å². The minimum Gasteiger partial charge on any atom is -0.358 e. The number of carbonyl (C=O) groups is 1. The predicted octanol–water partition coefficient (Wildman–Crippen LogP) is 1.45. The summed E-state index contributed by atoms with van der Waals surface area (Å²) in [5.41, 5.74) is 0.289. The summed E-state index contributed by atoms with van der Waals surface area (Å²) in [4.78, 5) is 25.0. The SMILES string of the molecule is C/C(=N/OC(=O)c1ccccc1)[N+](=O)[O-]. The highest BCUT2D eigenvalue weighted by Crippen LogP contribution is 2.01. The molecule has 0 radical (unpaired) electrons. The van der Waals surface area contributed by atoms with Gasteiger partial charge in [0.05, 0.1) is 12.5 Å². The Morgan fingerprint density at radius 3 is 2.53 bits per heavy atom. The number of benzene rings is 1. The zero-order chi connectivity index (χ0) is 11.3. The minimum atomic E-state index is -0.738. The molecule has 0 aliphatic heterocycles. The van der Waals surface area contributed by atoms with Gasteiger partial charge >= 0.3 is 11.8 Å². The molecule has 0 atom stereocenters. The summed E-state index contributed by atoms with van der Waals surface area (Å²) in [6.07, 6.45) is 0. The first-order valence-electron chi connectivity index (χ1n) is 4.06. The fourth-order valence-electron chi connectivity index (χ4n) is 0.768. The van der Waals surface area contributed by atoms with Crippen molar-refractivity contribution >= 4 is 11.8 Å². The van der Waals surface area contributed by atoms with E-state index in [9.17, 15) is 14.9 Å². The van der Waals surface area contributed by atoms with Gasteiger partial charge in [-0.3, -0.25) is 0 Å². The first-order valence-corrected chi connectivity index (χ1v) is 4.06. The molecule has 1 aromatic rings. The van der Waals surface area contributed by atoms with Crippen LogP contribution in [0.25, 0.3) is 0 Å². The zero-order valence-corrected chi connectivity index (χ0v) is 7.91. The Balaban J connectivity index is 2.66. The lowest BCUT2D eigenvalue weighted by Crippen LogP contribution is -2.09. The van der Waals surface area contributed by atoms with Gasteiger partial charge in [0.15, 0.2) is 5.16 Å². The highest BCUT2D eigenvalue weighted by atomic mass is 16.7. The fourth-order valence-corrected chi connectivity index (χ4v) is 0.768. The molecule has 0 unspecified atom stereocenters. The van der Waals surface area contributed by atoms with E-state index in [1.807, 2.05) is 0 Å². The lowest BCUT2D eigenvalue weighted by atomic mass is 10.2. The second kappa shape index (κ2) is 4.85. The standard InChI is InChI=1S/C9H8N2O4/c1-7(11(13)14)10-15-9(12)8-5-3-2-4-6-8/h2-6H,1H3/b10-7-. The Morgan fingerprint density at radius 2 is 2.00 bits per heavy atom. The second-order valence-electron chi connectivity index (χ2n) is 2.64. The van der Waals surface area contributed by atoms with E-state index in [1.54, 1.807) is 18.2 Å². The van der Waals surface area contributed by atoms with Crippen molar-refractivity contribution < 1.29 is 14.6 Å². The topological polar surface area (TPSA) is 81.8 Å². The summed E-state index contributed by atoms with van der Waals surface area (Å²) >= 11 is 0. The predicted molar refractivity (Wildman–Crippen MR) is 52.0 cm³/mol. The van der Waals surface area contributed by atoms with Crippen molar-refractivity contribution in [3.8, 4) is 0 Å². The van der Waals surface area contributed by atoms with Gasteiger partial charge in [-0.1, -0.05) is 18.2 Å². The van der Waals surface area contributed by atoms with Crippen molar-refractivity contribution in [3.05, 3.63) is 46.0 Å². The molecule has 0 bridgehead atoms. The van der Waals surface area contributed by atoms with Gasteiger partial charge < -0.3 is 10.1 Å². The summed E-state index contributed by atoms with van der Waals surface area (Å²) < 4.78 is 0. The van der Waals surface area contributed by atoms with E-state index in [-0.39, 0.29) is 5.56 Å². The highest BCUT2D eigenvalue weighted by Gasteiger charge is 2.12. The maximum atomic E-state index is 11.2. The molecule has 1 aromatic carbocycles. The Hall–Kier alpha value is -2.24. The van der Waals surface area contributed by atoms with Crippen molar-refractivity contribution in [3.63, 3.8) is 0 Å². The molecule has 15 heavy (non-hydrogen) atoms. The molecular weight excluding hydrogens is 200 g/mol.